The number of aromatic nitrogens is 7. The van der Waals surface area contributed by atoms with Crippen molar-refractivity contribution in [2.45, 2.75) is 51.8 Å². The average molecular weight is 854 g/mol. The maximum Gasteiger partial charge on any atom is 0.243 e. The second-order valence-corrected chi connectivity index (χ2v) is 17.1. The van der Waals surface area contributed by atoms with Gasteiger partial charge >= 0.3 is 0 Å². The third kappa shape index (κ3) is 7.96. The van der Waals surface area contributed by atoms with Crippen LogP contribution in [0.2, 0.25) is 0 Å². The number of benzene rings is 2. The first kappa shape index (κ1) is 40.7. The number of rotatable bonds is 11. The molecule has 3 atom stereocenters. The van der Waals surface area contributed by atoms with Crippen molar-refractivity contribution in [3.63, 3.8) is 0 Å². The molecule has 318 valence electrons. The third-order valence-electron chi connectivity index (χ3n) is 11.8. The molecular formula is C45H47N11O5S. The number of carbonyl (C=O) groups is 2. The lowest BCUT2D eigenvalue weighted by molar-refractivity contribution is -0.141. The summed E-state index contributed by atoms with van der Waals surface area (Å²) in [4.78, 5) is 48.5. The summed E-state index contributed by atoms with van der Waals surface area (Å²) in [5.74, 6) is 0.611. The first-order valence-corrected chi connectivity index (χ1v) is 21.6. The summed E-state index contributed by atoms with van der Waals surface area (Å²) in [6.07, 6.45) is 2.73. The smallest absolute Gasteiger partial charge is 0.243 e. The van der Waals surface area contributed by atoms with E-state index >= 15 is 0 Å². The maximum atomic E-state index is 14.2. The minimum absolute atomic E-state index is 0.0476. The molecule has 0 bridgehead atoms. The third-order valence-corrected chi connectivity index (χ3v) is 12.8. The Morgan fingerprint density at radius 3 is 2.37 bits per heavy atom. The Bertz CT molecular complexity index is 2720. The zero-order valence-corrected chi connectivity index (χ0v) is 35.7. The Kier molecular flexibility index (Phi) is 11.1. The van der Waals surface area contributed by atoms with Gasteiger partial charge in [-0.2, -0.15) is 0 Å². The summed E-state index contributed by atoms with van der Waals surface area (Å²) in [7, 11) is 2.01. The van der Waals surface area contributed by atoms with Crippen LogP contribution >= 0.6 is 11.3 Å². The molecule has 2 amide bonds. The Balaban J connectivity index is 0.824. The van der Waals surface area contributed by atoms with Crippen molar-refractivity contribution >= 4 is 46.0 Å². The monoisotopic (exact) mass is 853 g/mol. The predicted octanol–water partition coefficient (Wildman–Crippen LogP) is 5.56. The second kappa shape index (κ2) is 17.0. The van der Waals surface area contributed by atoms with Crippen LogP contribution in [0.4, 0.5) is 11.8 Å². The van der Waals surface area contributed by atoms with E-state index in [0.29, 0.717) is 47.3 Å². The van der Waals surface area contributed by atoms with E-state index in [0.717, 1.165) is 51.6 Å². The molecule has 2 saturated heterocycles. The van der Waals surface area contributed by atoms with E-state index in [-0.39, 0.29) is 43.0 Å². The van der Waals surface area contributed by atoms with Crippen molar-refractivity contribution in [3.05, 3.63) is 102 Å². The summed E-state index contributed by atoms with van der Waals surface area (Å²) in [5, 5.41) is 37.1. The van der Waals surface area contributed by atoms with Crippen molar-refractivity contribution in [1.29, 1.82) is 0 Å². The minimum Gasteiger partial charge on any atom is -0.507 e. The Hall–Kier alpha value is -6.72. The van der Waals surface area contributed by atoms with Gasteiger partial charge in [-0.15, -0.1) is 21.5 Å². The molecule has 62 heavy (non-hydrogen) atoms. The van der Waals surface area contributed by atoms with Crippen molar-refractivity contribution in [3.8, 4) is 38.7 Å². The van der Waals surface area contributed by atoms with E-state index in [2.05, 4.69) is 50.0 Å². The van der Waals surface area contributed by atoms with E-state index in [1.54, 1.807) is 41.9 Å². The topological polar surface area (TPSA) is 192 Å². The molecule has 2 aliphatic rings. The van der Waals surface area contributed by atoms with Crippen LogP contribution in [0.15, 0.2) is 89.2 Å². The van der Waals surface area contributed by atoms with Gasteiger partial charge in [0.2, 0.25) is 17.8 Å². The van der Waals surface area contributed by atoms with E-state index < -0.39 is 18.1 Å². The number of nitrogens with zero attached hydrogens (tertiary/aromatic N) is 10. The van der Waals surface area contributed by atoms with E-state index in [1.807, 2.05) is 81.9 Å². The second-order valence-electron chi connectivity index (χ2n) is 16.2. The van der Waals surface area contributed by atoms with Gasteiger partial charge in [0.05, 0.1) is 33.4 Å². The lowest BCUT2D eigenvalue weighted by Crippen LogP contribution is -2.48. The lowest BCUT2D eigenvalue weighted by atomic mass is 9.91. The zero-order chi connectivity index (χ0) is 43.1. The summed E-state index contributed by atoms with van der Waals surface area (Å²) < 4.78 is 7.91. The Labute approximate surface area is 361 Å². The Morgan fingerprint density at radius 2 is 1.66 bits per heavy atom. The molecule has 3 N–H and O–H groups in total. The normalized spacial score (nSPS) is 17.3. The number of aromatic hydroxyl groups is 1. The van der Waals surface area contributed by atoms with E-state index in [9.17, 15) is 19.8 Å². The number of likely N-dealkylation sites (tertiary alicyclic amines) is 1. The minimum atomic E-state index is -0.827. The van der Waals surface area contributed by atoms with Crippen molar-refractivity contribution in [2.75, 3.05) is 42.5 Å². The van der Waals surface area contributed by atoms with Gasteiger partial charge in [-0.25, -0.2) is 15.0 Å². The highest BCUT2D eigenvalue weighted by Crippen LogP contribution is 2.35. The van der Waals surface area contributed by atoms with E-state index in [1.165, 1.54) is 4.90 Å². The van der Waals surface area contributed by atoms with Crippen molar-refractivity contribution in [1.82, 2.24) is 45.1 Å². The molecule has 0 spiro atoms. The number of β-amino-alcohol motifs (C(OH)–C–C–N with tert-alkyl or cyclic N) is 1. The fraction of sp³-hybridized carbons (Fsp3) is 0.333. The first-order valence-electron chi connectivity index (χ1n) is 20.7. The number of nitrogens with one attached hydrogen (secondary N) is 1. The molecule has 2 fully saturated rings. The molecule has 17 heteroatoms. The number of amides is 2. The highest BCUT2D eigenvalue weighted by atomic mass is 32.1. The number of carbonyl (C=O) groups excluding carboxylic acids is 2. The number of aliphatic hydroxyl groups is 1. The highest BCUT2D eigenvalue weighted by Gasteiger charge is 2.43. The summed E-state index contributed by atoms with van der Waals surface area (Å²) in [5.41, 5.74) is 8.87. The number of phenolic OH excluding ortho intramolecular Hbond substituents is 1. The van der Waals surface area contributed by atoms with Gasteiger partial charge in [-0.1, -0.05) is 55.4 Å². The number of thiazole rings is 1. The number of para-hydroxylation sites is 1. The number of piperazine rings is 1. The average Bonchev–Trinajstić information content (AvgIpc) is 4.10. The Morgan fingerprint density at radius 1 is 0.919 bits per heavy atom. The molecule has 5 aromatic heterocycles. The molecule has 7 aromatic rings. The van der Waals surface area contributed by atoms with Crippen LogP contribution in [0.5, 0.6) is 5.75 Å². The fourth-order valence-electron chi connectivity index (χ4n) is 8.43. The molecule has 2 aliphatic heterocycles. The van der Waals surface area contributed by atoms with Crippen molar-refractivity contribution in [2.24, 2.45) is 13.0 Å². The molecule has 9 rings (SSSR count). The molecular weight excluding hydrogens is 807 g/mol. The first-order chi connectivity index (χ1) is 30.0. The zero-order valence-electron chi connectivity index (χ0n) is 34.8. The van der Waals surface area contributed by atoms with Crippen LogP contribution in [0, 0.1) is 12.8 Å². The standard InChI is InChI=1S/C45H47N11O5S/c1-26(2)41(44(60)56-24-31(57)17-37(56)43(59)46-21-28-9-11-29(12-10-28)42-27(3)49-25-62-42)39-19-33(52-61-39)30-22-47-45(48-23-30)55-15-13-54(14-16-55)40-20-35-36(53(40)4)18-34(50-51-35)32-7-5-6-8-38(32)58/h5-12,18-20,22-23,25-26,31,37,41,57-58H,13-17,21,24H2,1-4H3,(H,46,59)/t31-,37+,41-/m1/s1. The number of hydrogen-bond acceptors (Lipinski definition) is 14. The van der Waals surface area contributed by atoms with Crippen LogP contribution in [-0.2, 0) is 23.2 Å². The molecule has 2 aromatic carbocycles. The van der Waals surface area contributed by atoms with Crippen molar-refractivity contribution < 1.29 is 24.3 Å². The maximum absolute atomic E-state index is 14.2. The number of phenols is 1. The summed E-state index contributed by atoms with van der Waals surface area (Å²) in [6.45, 7) is 9.04. The number of aryl methyl sites for hydroxylation is 2. The number of anilines is 2. The van der Waals surface area contributed by atoms with E-state index in [4.69, 9.17) is 4.52 Å². The van der Waals surface area contributed by atoms with Crippen LogP contribution in [0.3, 0.4) is 0 Å². The molecule has 16 nitrogen and oxygen atoms in total. The summed E-state index contributed by atoms with van der Waals surface area (Å²) in [6, 6.07) is 20.0. The molecule has 7 heterocycles. The highest BCUT2D eigenvalue weighted by molar-refractivity contribution is 7.13. The molecule has 0 unspecified atom stereocenters. The molecule has 0 saturated carbocycles. The number of aliphatic hydroxyl groups excluding tert-OH is 1. The van der Waals surface area contributed by atoms with Gasteiger partial charge in [0.15, 0.2) is 0 Å². The predicted molar refractivity (Wildman–Crippen MR) is 235 cm³/mol. The van der Waals surface area contributed by atoms with Crippen LogP contribution in [-0.4, -0.2) is 107 Å². The van der Waals surface area contributed by atoms with Gasteiger partial charge in [-0.05, 0) is 42.2 Å². The number of fused-ring (bicyclic) bond motifs is 1. The van der Waals surface area contributed by atoms with Gasteiger partial charge in [0.25, 0.3) is 0 Å². The SMILES string of the molecule is Cc1ncsc1-c1ccc(CNC(=O)[C@@H]2C[C@@H](O)CN2C(=O)[C@@H](c2cc(-c3cnc(N4CCN(c5cc6nnc(-c7ccccc7O)cc6n5C)CC4)nc3)no2)C(C)C)cc1. The lowest BCUT2D eigenvalue weighted by Gasteiger charge is -2.36. The van der Waals surface area contributed by atoms with Gasteiger partial charge in [0.1, 0.15) is 40.5 Å². The fourth-order valence-corrected chi connectivity index (χ4v) is 9.25. The largest absolute Gasteiger partial charge is 0.507 e. The van der Waals surface area contributed by atoms with Crippen LogP contribution in [0.1, 0.15) is 43.2 Å². The summed E-state index contributed by atoms with van der Waals surface area (Å²) >= 11 is 1.59. The van der Waals surface area contributed by atoms with Crippen LogP contribution < -0.4 is 15.1 Å². The quantitative estimate of drug-likeness (QED) is 0.147. The van der Waals surface area contributed by atoms with Gasteiger partial charge < -0.3 is 39.3 Å². The van der Waals surface area contributed by atoms with Gasteiger partial charge in [0, 0.05) is 88.4 Å². The number of hydrogen-bond donors (Lipinski definition) is 3. The van der Waals surface area contributed by atoms with Crippen LogP contribution in [0.25, 0.3) is 44.0 Å². The molecule has 0 aliphatic carbocycles. The van der Waals surface area contributed by atoms with Gasteiger partial charge in [-0.3, -0.25) is 9.59 Å². The molecule has 0 radical (unpaired) electrons.